The second-order valence-corrected chi connectivity index (χ2v) is 9.28. The molecule has 0 fully saturated rings. The summed E-state index contributed by atoms with van der Waals surface area (Å²) >= 11 is 3.43. The van der Waals surface area contributed by atoms with Gasteiger partial charge in [-0.3, -0.25) is 19.9 Å². The maximum absolute atomic E-state index is 13.3. The summed E-state index contributed by atoms with van der Waals surface area (Å²) in [6.07, 6.45) is 1.34. The number of rotatable bonds is 8. The van der Waals surface area contributed by atoms with E-state index in [2.05, 4.69) is 41.5 Å². The summed E-state index contributed by atoms with van der Waals surface area (Å²) in [6, 6.07) is 9.78. The van der Waals surface area contributed by atoms with Crippen molar-refractivity contribution in [3.8, 4) is 5.75 Å². The number of halogens is 1. The van der Waals surface area contributed by atoms with Crippen LogP contribution in [-0.2, 0) is 15.1 Å². The predicted octanol–water partition coefficient (Wildman–Crippen LogP) is 1.89. The Labute approximate surface area is 205 Å². The number of nitrogens with two attached hydrogens (primary N) is 1. The molecule has 2 aromatic carbocycles. The first-order valence-corrected chi connectivity index (χ1v) is 11.4. The van der Waals surface area contributed by atoms with Crippen LogP contribution in [0.25, 0.3) is 11.0 Å². The number of anilines is 1. The number of carbonyl (C=O) groups excluding carboxylic acids is 2. The number of fused-ring (bicyclic) bond motifs is 1. The van der Waals surface area contributed by atoms with Crippen molar-refractivity contribution < 1.29 is 14.3 Å². The van der Waals surface area contributed by atoms with Crippen LogP contribution in [0.1, 0.15) is 11.1 Å². The van der Waals surface area contributed by atoms with Crippen LogP contribution in [0.15, 0.2) is 45.9 Å². The molecule has 11 heteroatoms. The molecule has 0 saturated heterocycles. The van der Waals surface area contributed by atoms with Gasteiger partial charge in [-0.15, -0.1) is 0 Å². The van der Waals surface area contributed by atoms with Crippen molar-refractivity contribution in [2.45, 2.75) is 18.5 Å². The number of benzene rings is 2. The number of ether oxygens (including phenoxy) is 1. The summed E-state index contributed by atoms with van der Waals surface area (Å²) in [5.74, 6) is -0.313. The number of amides is 2. The third-order valence-corrected chi connectivity index (χ3v) is 6.18. The molecule has 1 aliphatic rings. The molecule has 1 aliphatic heterocycles. The Morgan fingerprint density at radius 3 is 2.79 bits per heavy atom. The summed E-state index contributed by atoms with van der Waals surface area (Å²) in [5, 5.41) is 5.67. The third-order valence-electron chi connectivity index (χ3n) is 5.69. The summed E-state index contributed by atoms with van der Waals surface area (Å²) in [7, 11) is 3.95. The zero-order chi connectivity index (χ0) is 24.5. The molecule has 0 saturated carbocycles. The second-order valence-electron chi connectivity index (χ2n) is 8.36. The van der Waals surface area contributed by atoms with Gasteiger partial charge in [0.2, 0.25) is 5.95 Å². The molecule has 10 nitrogen and oxygen atoms in total. The Kier molecular flexibility index (Phi) is 6.58. The summed E-state index contributed by atoms with van der Waals surface area (Å²) < 4.78 is 6.51. The lowest BCUT2D eigenvalue weighted by Crippen LogP contribution is -2.59. The maximum atomic E-state index is 13.3. The lowest BCUT2D eigenvalue weighted by molar-refractivity contribution is -0.129. The van der Waals surface area contributed by atoms with Gasteiger partial charge in [0.25, 0.3) is 11.8 Å². The molecule has 1 aromatic heterocycles. The minimum atomic E-state index is -1.53. The number of hydrogen-bond acceptors (Lipinski definition) is 7. The number of aromatic amines is 1. The SMILES string of the molecule is Cc1ccc(Br)cc1C1(C(N)=O)NC=NC1C(=O)Nc1nc2ccc(OCCN(C)C)cc2[nH]1. The van der Waals surface area contributed by atoms with E-state index in [1.807, 2.05) is 50.2 Å². The van der Waals surface area contributed by atoms with E-state index in [0.717, 1.165) is 16.6 Å². The van der Waals surface area contributed by atoms with E-state index in [-0.39, 0.29) is 5.95 Å². The molecule has 2 atom stereocenters. The average Bonchev–Trinajstić information content (AvgIpc) is 3.39. The van der Waals surface area contributed by atoms with Crippen LogP contribution in [0, 0.1) is 6.92 Å². The minimum Gasteiger partial charge on any atom is -0.492 e. The molecule has 2 heterocycles. The fourth-order valence-electron chi connectivity index (χ4n) is 3.92. The Morgan fingerprint density at radius 2 is 2.06 bits per heavy atom. The highest BCUT2D eigenvalue weighted by molar-refractivity contribution is 9.10. The number of primary amides is 1. The Morgan fingerprint density at radius 1 is 1.26 bits per heavy atom. The van der Waals surface area contributed by atoms with Crippen LogP contribution in [0.5, 0.6) is 5.75 Å². The number of aryl methyl sites for hydroxylation is 1. The number of carbonyl (C=O) groups is 2. The zero-order valence-corrected chi connectivity index (χ0v) is 20.6. The van der Waals surface area contributed by atoms with E-state index in [9.17, 15) is 9.59 Å². The monoisotopic (exact) mass is 527 g/mol. The van der Waals surface area contributed by atoms with Gasteiger partial charge in [-0.05, 0) is 56.4 Å². The highest BCUT2D eigenvalue weighted by Crippen LogP contribution is 2.34. The highest BCUT2D eigenvalue weighted by Gasteiger charge is 2.53. The molecule has 2 unspecified atom stereocenters. The van der Waals surface area contributed by atoms with Gasteiger partial charge in [0.1, 0.15) is 12.4 Å². The molecule has 0 aliphatic carbocycles. The van der Waals surface area contributed by atoms with Crippen LogP contribution in [-0.4, -0.2) is 66.3 Å². The van der Waals surface area contributed by atoms with Crippen molar-refractivity contribution in [3.05, 3.63) is 52.0 Å². The van der Waals surface area contributed by atoms with Crippen LogP contribution in [0.2, 0.25) is 0 Å². The van der Waals surface area contributed by atoms with E-state index in [0.29, 0.717) is 29.0 Å². The average molecular weight is 528 g/mol. The third kappa shape index (κ3) is 4.48. The molecule has 0 radical (unpaired) electrons. The summed E-state index contributed by atoms with van der Waals surface area (Å²) in [6.45, 7) is 3.18. The lowest BCUT2D eigenvalue weighted by Gasteiger charge is -2.32. The van der Waals surface area contributed by atoms with E-state index in [1.165, 1.54) is 6.34 Å². The van der Waals surface area contributed by atoms with Gasteiger partial charge in [0, 0.05) is 17.1 Å². The van der Waals surface area contributed by atoms with Crippen molar-refractivity contribution in [2.75, 3.05) is 32.6 Å². The fraction of sp³-hybridized carbons (Fsp3) is 0.304. The van der Waals surface area contributed by atoms with E-state index in [1.54, 1.807) is 12.1 Å². The first kappa shape index (κ1) is 23.7. The van der Waals surface area contributed by atoms with Crippen LogP contribution in [0.4, 0.5) is 5.95 Å². The quantitative estimate of drug-likeness (QED) is 0.353. The van der Waals surface area contributed by atoms with Crippen molar-refractivity contribution in [2.24, 2.45) is 10.7 Å². The number of hydrogen-bond donors (Lipinski definition) is 4. The molecule has 3 aromatic rings. The molecule has 178 valence electrons. The number of nitrogens with zero attached hydrogens (tertiary/aromatic N) is 3. The van der Waals surface area contributed by atoms with Gasteiger partial charge in [0.05, 0.1) is 17.4 Å². The molecule has 4 rings (SSSR count). The van der Waals surface area contributed by atoms with Crippen LogP contribution >= 0.6 is 15.9 Å². The topological polar surface area (TPSA) is 138 Å². The number of nitrogens with one attached hydrogen (secondary N) is 3. The maximum Gasteiger partial charge on any atom is 0.254 e. The van der Waals surface area contributed by atoms with E-state index >= 15 is 0 Å². The number of aliphatic imine (C=N–C) groups is 1. The first-order valence-electron chi connectivity index (χ1n) is 10.6. The van der Waals surface area contributed by atoms with E-state index < -0.39 is 23.4 Å². The Hall–Kier alpha value is -3.44. The first-order chi connectivity index (χ1) is 16.2. The Bertz CT molecular complexity index is 1270. The summed E-state index contributed by atoms with van der Waals surface area (Å²) in [5.41, 5.74) is 7.02. The fourth-order valence-corrected chi connectivity index (χ4v) is 4.28. The zero-order valence-electron chi connectivity index (χ0n) is 19.1. The minimum absolute atomic E-state index is 0.233. The summed E-state index contributed by atoms with van der Waals surface area (Å²) in [4.78, 5) is 39.8. The van der Waals surface area contributed by atoms with Crippen molar-refractivity contribution in [1.82, 2.24) is 20.2 Å². The highest BCUT2D eigenvalue weighted by atomic mass is 79.9. The van der Waals surface area contributed by atoms with E-state index in [4.69, 9.17) is 10.5 Å². The van der Waals surface area contributed by atoms with Crippen LogP contribution < -0.4 is 21.1 Å². The van der Waals surface area contributed by atoms with Gasteiger partial charge in [-0.25, -0.2) is 4.98 Å². The van der Waals surface area contributed by atoms with Crippen LogP contribution in [0.3, 0.4) is 0 Å². The lowest BCUT2D eigenvalue weighted by atomic mass is 9.80. The van der Waals surface area contributed by atoms with Gasteiger partial charge in [-0.1, -0.05) is 22.0 Å². The van der Waals surface area contributed by atoms with Gasteiger partial charge in [0.15, 0.2) is 11.6 Å². The predicted molar refractivity (Wildman–Crippen MR) is 134 cm³/mol. The molecular formula is C23H26BrN7O3. The standard InChI is InChI=1S/C23H26BrN7O3/c1-13-4-5-14(24)10-16(13)23(21(25)33)19(26-12-27-23)20(32)30-22-28-17-7-6-15(11-18(17)29-22)34-9-8-31(2)3/h4-7,10-12,19H,8-9H2,1-3H3,(H2,25,33)(H,26,27)(H2,28,29,30,32). The largest absolute Gasteiger partial charge is 0.492 e. The smallest absolute Gasteiger partial charge is 0.254 e. The Balaban J connectivity index is 1.58. The number of H-pyrrole nitrogens is 1. The number of likely N-dealkylation sites (N-methyl/N-ethyl adjacent to an activating group) is 1. The van der Waals surface area contributed by atoms with Crippen molar-refractivity contribution in [3.63, 3.8) is 0 Å². The molecule has 2 amide bonds. The second kappa shape index (κ2) is 9.43. The van der Waals surface area contributed by atoms with Gasteiger partial charge in [-0.2, -0.15) is 0 Å². The van der Waals surface area contributed by atoms with Crippen molar-refractivity contribution in [1.29, 1.82) is 0 Å². The number of aromatic nitrogens is 2. The molecular weight excluding hydrogens is 502 g/mol. The molecule has 34 heavy (non-hydrogen) atoms. The normalized spacial score (nSPS) is 19.4. The number of imidazole rings is 1. The van der Waals surface area contributed by atoms with Gasteiger partial charge >= 0.3 is 0 Å². The molecule has 0 bridgehead atoms. The van der Waals surface area contributed by atoms with Crippen molar-refractivity contribution >= 4 is 51.1 Å². The molecule has 0 spiro atoms. The molecule has 5 N–H and O–H groups in total. The van der Waals surface area contributed by atoms with Gasteiger partial charge < -0.3 is 25.7 Å².